The third-order valence-electron chi connectivity index (χ3n) is 12.8. The first-order valence-electron chi connectivity index (χ1n) is 27.4. The lowest BCUT2D eigenvalue weighted by atomic mass is 10.0. The van der Waals surface area contributed by atoms with Crippen molar-refractivity contribution in [2.24, 2.45) is 0 Å². The van der Waals surface area contributed by atoms with Crippen LogP contribution in [0.5, 0.6) is 0 Å². The summed E-state index contributed by atoms with van der Waals surface area (Å²) in [7, 11) is 0. The van der Waals surface area contributed by atoms with E-state index in [0.29, 0.717) is 25.9 Å². The minimum absolute atomic E-state index is 0.0260. The van der Waals surface area contributed by atoms with E-state index in [9.17, 15) is 19.8 Å². The molecule has 0 saturated carbocycles. The Kier molecular flexibility index (Phi) is 50.1. The maximum Gasteiger partial charge on any atom is 0.305 e. The lowest BCUT2D eigenvalue weighted by molar-refractivity contribution is -0.143. The Morgan fingerprint density at radius 1 is 0.443 bits per heavy atom. The van der Waals surface area contributed by atoms with E-state index in [0.717, 1.165) is 77.0 Å². The van der Waals surface area contributed by atoms with Crippen molar-refractivity contribution in [1.29, 1.82) is 0 Å². The first kappa shape index (κ1) is 59.6. The molecule has 0 fully saturated rings. The van der Waals surface area contributed by atoms with Crippen LogP contribution in [0.15, 0.2) is 12.2 Å². The number of esters is 1. The molecule has 0 aromatic heterocycles. The van der Waals surface area contributed by atoms with Gasteiger partial charge in [0.1, 0.15) is 0 Å². The van der Waals surface area contributed by atoms with Crippen LogP contribution in [0.2, 0.25) is 0 Å². The van der Waals surface area contributed by atoms with Crippen LogP contribution in [0.25, 0.3) is 0 Å². The van der Waals surface area contributed by atoms with E-state index in [4.69, 9.17) is 4.74 Å². The SMILES string of the molecule is CCCCCCCCCCCCCCCCCCCCCC(=O)OCCCC/C=C\CCCCCCCC(=O)NC(CO)C(O)CCCCCCCCCCCCCCCC. The number of allylic oxidation sites excluding steroid dienone is 2. The van der Waals surface area contributed by atoms with Gasteiger partial charge in [-0.3, -0.25) is 9.59 Å². The second kappa shape index (κ2) is 51.2. The molecule has 2 atom stereocenters. The van der Waals surface area contributed by atoms with Crippen molar-refractivity contribution in [3.05, 3.63) is 12.2 Å². The number of aliphatic hydroxyl groups is 2. The third-order valence-corrected chi connectivity index (χ3v) is 12.8. The second-order valence-electron chi connectivity index (χ2n) is 18.9. The molecule has 3 N–H and O–H groups in total. The molecular weight excluding hydrogens is 755 g/mol. The molecule has 362 valence electrons. The number of carbonyl (C=O) groups is 2. The fraction of sp³-hybridized carbons (Fsp3) is 0.927. The summed E-state index contributed by atoms with van der Waals surface area (Å²) in [6, 6.07) is -0.561. The van der Waals surface area contributed by atoms with Gasteiger partial charge in [-0.2, -0.15) is 0 Å². The van der Waals surface area contributed by atoms with Crippen molar-refractivity contribution < 1.29 is 24.5 Å². The first-order chi connectivity index (χ1) is 30.0. The van der Waals surface area contributed by atoms with Gasteiger partial charge in [0, 0.05) is 12.8 Å². The average molecular weight is 862 g/mol. The fourth-order valence-electron chi connectivity index (χ4n) is 8.58. The van der Waals surface area contributed by atoms with Gasteiger partial charge < -0.3 is 20.3 Å². The van der Waals surface area contributed by atoms with Crippen LogP contribution in [0.3, 0.4) is 0 Å². The van der Waals surface area contributed by atoms with Crippen molar-refractivity contribution in [1.82, 2.24) is 5.32 Å². The molecule has 0 saturated heterocycles. The highest BCUT2D eigenvalue weighted by Gasteiger charge is 2.20. The smallest absolute Gasteiger partial charge is 0.305 e. The lowest BCUT2D eigenvalue weighted by Gasteiger charge is -2.22. The van der Waals surface area contributed by atoms with Crippen LogP contribution < -0.4 is 5.32 Å². The van der Waals surface area contributed by atoms with Gasteiger partial charge in [-0.1, -0.05) is 251 Å². The van der Waals surface area contributed by atoms with Crippen LogP contribution >= 0.6 is 0 Å². The zero-order chi connectivity index (χ0) is 44.4. The molecule has 1 amide bonds. The Hall–Kier alpha value is -1.40. The van der Waals surface area contributed by atoms with Crippen LogP contribution in [0, 0.1) is 0 Å². The van der Waals surface area contributed by atoms with Crippen LogP contribution in [0.1, 0.15) is 303 Å². The van der Waals surface area contributed by atoms with Crippen LogP contribution in [-0.2, 0) is 14.3 Å². The molecule has 0 aromatic carbocycles. The number of amides is 1. The monoisotopic (exact) mass is 862 g/mol. The number of unbranched alkanes of at least 4 members (excludes halogenated alkanes) is 38. The van der Waals surface area contributed by atoms with Crippen molar-refractivity contribution in [3.63, 3.8) is 0 Å². The van der Waals surface area contributed by atoms with Gasteiger partial charge in [-0.05, 0) is 51.4 Å². The van der Waals surface area contributed by atoms with E-state index in [1.165, 1.54) is 193 Å². The molecule has 0 aromatic rings. The molecule has 6 nitrogen and oxygen atoms in total. The van der Waals surface area contributed by atoms with Crippen molar-refractivity contribution in [2.45, 2.75) is 315 Å². The summed E-state index contributed by atoms with van der Waals surface area (Å²) < 4.78 is 5.46. The minimum Gasteiger partial charge on any atom is -0.466 e. The van der Waals surface area contributed by atoms with Crippen molar-refractivity contribution in [3.8, 4) is 0 Å². The Morgan fingerprint density at radius 2 is 0.770 bits per heavy atom. The van der Waals surface area contributed by atoms with Crippen molar-refractivity contribution >= 4 is 11.9 Å². The average Bonchev–Trinajstić information content (AvgIpc) is 3.26. The molecule has 0 aliphatic carbocycles. The molecule has 2 unspecified atom stereocenters. The van der Waals surface area contributed by atoms with E-state index in [-0.39, 0.29) is 18.5 Å². The normalized spacial score (nSPS) is 12.7. The molecule has 0 heterocycles. The van der Waals surface area contributed by atoms with Gasteiger partial charge in [0.05, 0.1) is 25.4 Å². The van der Waals surface area contributed by atoms with Gasteiger partial charge in [0.25, 0.3) is 0 Å². The zero-order valence-electron chi connectivity index (χ0n) is 41.2. The number of hydrogen-bond donors (Lipinski definition) is 3. The van der Waals surface area contributed by atoms with Crippen molar-refractivity contribution in [2.75, 3.05) is 13.2 Å². The highest BCUT2D eigenvalue weighted by molar-refractivity contribution is 5.76. The minimum atomic E-state index is -0.681. The summed E-state index contributed by atoms with van der Waals surface area (Å²) in [5, 5.41) is 23.2. The number of hydrogen-bond acceptors (Lipinski definition) is 5. The number of carbonyl (C=O) groups excluding carboxylic acids is 2. The summed E-state index contributed by atoms with van der Waals surface area (Å²) in [5.74, 6) is -0.0884. The Bertz CT molecular complexity index is 909. The predicted octanol–water partition coefficient (Wildman–Crippen LogP) is 16.5. The summed E-state index contributed by atoms with van der Waals surface area (Å²) in [5.41, 5.74) is 0. The zero-order valence-corrected chi connectivity index (χ0v) is 41.2. The number of aliphatic hydroxyl groups excluding tert-OH is 2. The standard InChI is InChI=1S/C55H107NO5/c1-3-5-7-9-11-13-15-17-19-20-21-22-23-25-29-33-37-41-45-49-55(60)61-50-46-42-38-34-30-26-28-32-36-40-44-48-54(59)56-52(51-57)53(58)47-43-39-35-31-27-24-18-16-14-12-10-8-6-4-2/h30,34,52-53,57-58H,3-29,31-33,35-51H2,1-2H3,(H,56,59)/b34-30-. The Labute approximate surface area is 380 Å². The summed E-state index contributed by atoms with van der Waals surface area (Å²) >= 11 is 0. The second-order valence-corrected chi connectivity index (χ2v) is 18.9. The maximum atomic E-state index is 12.4. The van der Waals surface area contributed by atoms with Gasteiger partial charge in [-0.15, -0.1) is 0 Å². The molecule has 0 bridgehead atoms. The van der Waals surface area contributed by atoms with E-state index >= 15 is 0 Å². The molecular formula is C55H107NO5. The van der Waals surface area contributed by atoms with E-state index in [1.54, 1.807) is 0 Å². The number of nitrogens with one attached hydrogen (secondary N) is 1. The number of ether oxygens (including phenoxy) is 1. The molecule has 0 aliphatic rings. The van der Waals surface area contributed by atoms with E-state index < -0.39 is 12.1 Å². The highest BCUT2D eigenvalue weighted by Crippen LogP contribution is 2.17. The van der Waals surface area contributed by atoms with E-state index in [2.05, 4.69) is 31.3 Å². The summed E-state index contributed by atoms with van der Waals surface area (Å²) in [4.78, 5) is 24.5. The Morgan fingerprint density at radius 3 is 1.16 bits per heavy atom. The molecule has 0 aliphatic heterocycles. The summed E-state index contributed by atoms with van der Waals surface area (Å²) in [6.45, 7) is 4.89. The van der Waals surface area contributed by atoms with Crippen LogP contribution in [0.4, 0.5) is 0 Å². The third kappa shape index (κ3) is 47.9. The largest absolute Gasteiger partial charge is 0.466 e. The fourth-order valence-corrected chi connectivity index (χ4v) is 8.58. The van der Waals surface area contributed by atoms with Gasteiger partial charge in [0.2, 0.25) is 5.91 Å². The molecule has 61 heavy (non-hydrogen) atoms. The lowest BCUT2D eigenvalue weighted by Crippen LogP contribution is -2.45. The van der Waals surface area contributed by atoms with Gasteiger partial charge in [0.15, 0.2) is 0 Å². The van der Waals surface area contributed by atoms with Gasteiger partial charge in [-0.25, -0.2) is 0 Å². The number of rotatable bonds is 51. The van der Waals surface area contributed by atoms with Crippen LogP contribution in [-0.4, -0.2) is 47.4 Å². The molecule has 0 rings (SSSR count). The quantitative estimate of drug-likeness (QED) is 0.0322. The Balaban J connectivity index is 3.47. The molecule has 0 spiro atoms. The first-order valence-corrected chi connectivity index (χ1v) is 27.4. The van der Waals surface area contributed by atoms with E-state index in [1.807, 2.05) is 0 Å². The van der Waals surface area contributed by atoms with Gasteiger partial charge >= 0.3 is 5.97 Å². The molecule has 0 radical (unpaired) electrons. The topological polar surface area (TPSA) is 95.9 Å². The predicted molar refractivity (Wildman–Crippen MR) is 264 cm³/mol. The maximum absolute atomic E-state index is 12.4. The summed E-state index contributed by atoms with van der Waals surface area (Å²) in [6.07, 6.45) is 59.1. The molecule has 6 heteroatoms. The highest BCUT2D eigenvalue weighted by atomic mass is 16.5.